The lowest BCUT2D eigenvalue weighted by molar-refractivity contribution is 0.0380. The lowest BCUT2D eigenvalue weighted by Crippen LogP contribution is -2.13. The van der Waals surface area contributed by atoms with Gasteiger partial charge in [0.2, 0.25) is 0 Å². The molecule has 0 saturated heterocycles. The maximum Gasteiger partial charge on any atom is 0.269 e. The van der Waals surface area contributed by atoms with Gasteiger partial charge in [0.25, 0.3) is 6.43 Å². The summed E-state index contributed by atoms with van der Waals surface area (Å²) in [5.74, 6) is -0.324. The molecule has 64 valence electrons. The van der Waals surface area contributed by atoms with E-state index in [4.69, 9.17) is 0 Å². The van der Waals surface area contributed by atoms with Gasteiger partial charge in [0.15, 0.2) is 6.17 Å². The van der Waals surface area contributed by atoms with Gasteiger partial charge in [-0.1, -0.05) is 0 Å². The van der Waals surface area contributed by atoms with Gasteiger partial charge in [0.05, 0.1) is 0 Å². The zero-order valence-electron chi connectivity index (χ0n) is 5.40. The van der Waals surface area contributed by atoms with Crippen LogP contribution in [0.4, 0.5) is 13.2 Å². The van der Waals surface area contributed by atoms with Crippen LogP contribution in [-0.2, 0) is 0 Å². The summed E-state index contributed by atoms with van der Waals surface area (Å²) < 4.78 is 34.6. The fraction of sp³-hybridized carbons (Fsp3) is 1.00. The average molecular weight is 178 g/mol. The molecule has 1 rings (SSSR count). The molecule has 0 amide bonds. The van der Waals surface area contributed by atoms with Crippen molar-refractivity contribution in [3.8, 4) is 0 Å². The van der Waals surface area contributed by atoms with Gasteiger partial charge in [-0.3, -0.25) is 0 Å². The molecule has 0 aromatic rings. The SMILES string of the molecule is Cl.FC(F)[C@@H](F)C1CC1.N. The van der Waals surface area contributed by atoms with E-state index in [1.165, 1.54) is 0 Å². The number of hydrogen-bond acceptors (Lipinski definition) is 1. The summed E-state index contributed by atoms with van der Waals surface area (Å²) in [4.78, 5) is 0. The van der Waals surface area contributed by atoms with E-state index in [1.54, 1.807) is 0 Å². The molecule has 0 aromatic heterocycles. The Morgan fingerprint density at radius 2 is 1.50 bits per heavy atom. The highest BCUT2D eigenvalue weighted by Crippen LogP contribution is 2.36. The third-order valence-corrected chi connectivity index (χ3v) is 1.31. The fourth-order valence-corrected chi connectivity index (χ4v) is 0.620. The molecule has 5 heteroatoms. The highest BCUT2D eigenvalue weighted by atomic mass is 35.5. The molecular formula is C5H11ClF3N. The quantitative estimate of drug-likeness (QED) is 0.691. The van der Waals surface area contributed by atoms with Gasteiger partial charge in [0.1, 0.15) is 0 Å². The molecule has 0 aromatic carbocycles. The van der Waals surface area contributed by atoms with Crippen LogP contribution in [0.25, 0.3) is 0 Å². The number of hydrogen-bond donors (Lipinski definition) is 1. The third kappa shape index (κ3) is 3.27. The molecule has 1 aliphatic carbocycles. The Morgan fingerprint density at radius 1 is 1.10 bits per heavy atom. The van der Waals surface area contributed by atoms with Crippen molar-refractivity contribution < 1.29 is 13.2 Å². The summed E-state index contributed by atoms with van der Waals surface area (Å²) in [6.45, 7) is 0. The van der Waals surface area contributed by atoms with E-state index in [2.05, 4.69) is 0 Å². The summed E-state index contributed by atoms with van der Waals surface area (Å²) in [6, 6.07) is 0. The minimum Gasteiger partial charge on any atom is -0.344 e. The Bertz CT molecular complexity index is 85.0. The Balaban J connectivity index is 0. The van der Waals surface area contributed by atoms with Crippen molar-refractivity contribution >= 4 is 12.4 Å². The highest BCUT2D eigenvalue weighted by Gasteiger charge is 2.37. The Kier molecular flexibility index (Phi) is 6.09. The number of halogens is 4. The van der Waals surface area contributed by atoms with Crippen LogP contribution < -0.4 is 6.15 Å². The average Bonchev–Trinajstić information content (AvgIpc) is 2.43. The zero-order valence-corrected chi connectivity index (χ0v) is 6.21. The maximum absolute atomic E-state index is 12.0. The Labute approximate surface area is 64.0 Å². The van der Waals surface area contributed by atoms with Crippen molar-refractivity contribution in [2.24, 2.45) is 5.92 Å². The first-order valence-electron chi connectivity index (χ1n) is 2.64. The maximum atomic E-state index is 12.0. The summed E-state index contributed by atoms with van der Waals surface area (Å²) in [5, 5.41) is 0. The van der Waals surface area contributed by atoms with Crippen LogP contribution in [0.15, 0.2) is 0 Å². The van der Waals surface area contributed by atoms with Crippen LogP contribution in [0.5, 0.6) is 0 Å². The van der Waals surface area contributed by atoms with Gasteiger partial charge in [0, 0.05) is 0 Å². The highest BCUT2D eigenvalue weighted by molar-refractivity contribution is 5.85. The third-order valence-electron chi connectivity index (χ3n) is 1.31. The molecule has 1 saturated carbocycles. The van der Waals surface area contributed by atoms with Crippen molar-refractivity contribution in [1.82, 2.24) is 6.15 Å². The largest absolute Gasteiger partial charge is 0.344 e. The molecule has 0 heterocycles. The molecule has 0 radical (unpaired) electrons. The van der Waals surface area contributed by atoms with Crippen LogP contribution in [0.2, 0.25) is 0 Å². The normalized spacial score (nSPS) is 19.2. The van der Waals surface area contributed by atoms with E-state index in [9.17, 15) is 13.2 Å². The van der Waals surface area contributed by atoms with Gasteiger partial charge in [-0.2, -0.15) is 0 Å². The Morgan fingerprint density at radius 3 is 1.60 bits per heavy atom. The minimum absolute atomic E-state index is 0. The Hall–Kier alpha value is 0.0400. The standard InChI is InChI=1S/C5H7F3.ClH.H3N/c6-4(5(7)8)3-1-2-3;;/h3-5H,1-2H2;1H;1H3/t4-;;/m0../s1. The van der Waals surface area contributed by atoms with Crippen molar-refractivity contribution in [3.05, 3.63) is 0 Å². The molecule has 0 bridgehead atoms. The second-order valence-electron chi connectivity index (χ2n) is 2.12. The van der Waals surface area contributed by atoms with E-state index in [-0.39, 0.29) is 24.5 Å². The summed E-state index contributed by atoms with van der Waals surface area (Å²) >= 11 is 0. The fourth-order valence-electron chi connectivity index (χ4n) is 0.620. The number of rotatable bonds is 2. The van der Waals surface area contributed by atoms with Gasteiger partial charge in [-0.15, -0.1) is 12.4 Å². The van der Waals surface area contributed by atoms with Crippen molar-refractivity contribution in [2.45, 2.75) is 25.4 Å². The topological polar surface area (TPSA) is 35.0 Å². The van der Waals surface area contributed by atoms with Crippen molar-refractivity contribution in [1.29, 1.82) is 0 Å². The predicted octanol–water partition coefficient (Wildman–Crippen LogP) is 2.58. The molecule has 1 nitrogen and oxygen atoms in total. The number of alkyl halides is 3. The van der Waals surface area contributed by atoms with Gasteiger partial charge in [-0.05, 0) is 18.8 Å². The molecule has 1 aliphatic rings. The van der Waals surface area contributed by atoms with Crippen LogP contribution in [0, 0.1) is 5.92 Å². The summed E-state index contributed by atoms with van der Waals surface area (Å²) in [6.07, 6.45) is -3.32. The van der Waals surface area contributed by atoms with E-state index in [0.717, 1.165) is 0 Å². The molecule has 0 aliphatic heterocycles. The van der Waals surface area contributed by atoms with Crippen LogP contribution in [0.1, 0.15) is 12.8 Å². The van der Waals surface area contributed by atoms with Crippen LogP contribution in [-0.4, -0.2) is 12.6 Å². The lowest BCUT2D eigenvalue weighted by atomic mass is 10.3. The molecule has 3 N–H and O–H groups in total. The van der Waals surface area contributed by atoms with E-state index in [0.29, 0.717) is 12.8 Å². The second-order valence-corrected chi connectivity index (χ2v) is 2.12. The van der Waals surface area contributed by atoms with E-state index >= 15 is 0 Å². The predicted molar refractivity (Wildman–Crippen MR) is 35.9 cm³/mol. The first-order chi connectivity index (χ1) is 3.72. The monoisotopic (exact) mass is 177 g/mol. The molecule has 1 atom stereocenters. The zero-order chi connectivity index (χ0) is 6.15. The summed E-state index contributed by atoms with van der Waals surface area (Å²) in [7, 11) is 0. The van der Waals surface area contributed by atoms with E-state index in [1.807, 2.05) is 0 Å². The smallest absolute Gasteiger partial charge is 0.269 e. The lowest BCUT2D eigenvalue weighted by Gasteiger charge is -2.01. The molecule has 0 spiro atoms. The van der Waals surface area contributed by atoms with Crippen LogP contribution >= 0.6 is 12.4 Å². The van der Waals surface area contributed by atoms with E-state index < -0.39 is 12.6 Å². The molecule has 10 heavy (non-hydrogen) atoms. The van der Waals surface area contributed by atoms with Gasteiger partial charge >= 0.3 is 0 Å². The molecule has 0 unspecified atom stereocenters. The molecular weight excluding hydrogens is 167 g/mol. The van der Waals surface area contributed by atoms with Gasteiger partial charge in [-0.25, -0.2) is 13.2 Å². The first-order valence-corrected chi connectivity index (χ1v) is 2.64. The van der Waals surface area contributed by atoms with Crippen molar-refractivity contribution in [3.63, 3.8) is 0 Å². The first kappa shape index (κ1) is 12.7. The summed E-state index contributed by atoms with van der Waals surface area (Å²) in [5.41, 5.74) is 0. The van der Waals surface area contributed by atoms with Gasteiger partial charge < -0.3 is 6.15 Å². The minimum atomic E-state index is -2.76. The van der Waals surface area contributed by atoms with Crippen LogP contribution in [0.3, 0.4) is 0 Å². The molecule has 1 fully saturated rings. The second kappa shape index (κ2) is 4.79. The van der Waals surface area contributed by atoms with Crippen molar-refractivity contribution in [2.75, 3.05) is 0 Å².